The van der Waals surface area contributed by atoms with Gasteiger partial charge in [0.2, 0.25) is 0 Å². The Kier molecular flexibility index (Phi) is 6.78. The maximum Gasteiger partial charge on any atom is 0.252 e. The largest absolute Gasteiger partial charge is 0.384 e. The van der Waals surface area contributed by atoms with Crippen molar-refractivity contribution in [3.8, 4) is 11.8 Å². The van der Waals surface area contributed by atoms with Crippen molar-refractivity contribution in [1.29, 1.82) is 0 Å². The summed E-state index contributed by atoms with van der Waals surface area (Å²) >= 11 is 0. The first kappa shape index (κ1) is 16.2. The summed E-state index contributed by atoms with van der Waals surface area (Å²) in [5.41, 5.74) is 2.13. The predicted octanol–water partition coefficient (Wildman–Crippen LogP) is 1.49. The molecular weight excluding hydrogens is 254 g/mol. The van der Waals surface area contributed by atoms with Crippen LogP contribution in [-0.4, -0.2) is 36.9 Å². The van der Waals surface area contributed by atoms with Gasteiger partial charge in [-0.25, -0.2) is 0 Å². The molecule has 0 saturated carbocycles. The molecule has 1 aromatic rings. The van der Waals surface area contributed by atoms with Gasteiger partial charge >= 0.3 is 0 Å². The summed E-state index contributed by atoms with van der Waals surface area (Å²) in [5.74, 6) is 5.19. The Morgan fingerprint density at radius 3 is 2.90 bits per heavy atom. The number of amides is 1. The van der Waals surface area contributed by atoms with Crippen LogP contribution in [0, 0.1) is 18.8 Å². The number of aliphatic hydroxyl groups excluding tert-OH is 1. The van der Waals surface area contributed by atoms with E-state index < -0.39 is 0 Å². The Balaban J connectivity index is 2.88. The third-order valence-electron chi connectivity index (χ3n) is 2.67. The number of carbonyl (C=O) groups is 1. The van der Waals surface area contributed by atoms with E-state index in [1.165, 1.54) is 0 Å². The van der Waals surface area contributed by atoms with Crippen LogP contribution in [0.3, 0.4) is 0 Å². The molecule has 0 radical (unpaired) electrons. The molecule has 4 nitrogen and oxygen atoms in total. The van der Waals surface area contributed by atoms with Crippen molar-refractivity contribution >= 4 is 5.91 Å². The van der Waals surface area contributed by atoms with Gasteiger partial charge in [-0.05, 0) is 32.9 Å². The number of aliphatic hydroxyl groups is 1. The second-order valence-corrected chi connectivity index (χ2v) is 4.54. The highest BCUT2D eigenvalue weighted by atomic mass is 16.5. The summed E-state index contributed by atoms with van der Waals surface area (Å²) in [6.45, 7) is 6.60. The molecule has 1 rings (SSSR count). The van der Waals surface area contributed by atoms with Gasteiger partial charge in [0.05, 0.1) is 12.2 Å². The number of rotatable bonds is 5. The maximum atomic E-state index is 12.3. The third-order valence-corrected chi connectivity index (χ3v) is 2.67. The lowest BCUT2D eigenvalue weighted by Gasteiger charge is -2.14. The third kappa shape index (κ3) is 5.04. The van der Waals surface area contributed by atoms with Gasteiger partial charge in [0.1, 0.15) is 6.61 Å². The molecule has 0 aliphatic rings. The van der Waals surface area contributed by atoms with E-state index in [9.17, 15) is 4.79 Å². The number of ether oxygens (including phenoxy) is 1. The normalized spacial score (nSPS) is 11.4. The molecule has 2 N–H and O–H groups in total. The quantitative estimate of drug-likeness (QED) is 0.801. The highest BCUT2D eigenvalue weighted by molar-refractivity contribution is 5.97. The van der Waals surface area contributed by atoms with Crippen LogP contribution in [0.4, 0.5) is 0 Å². The van der Waals surface area contributed by atoms with Gasteiger partial charge in [0, 0.05) is 18.2 Å². The minimum Gasteiger partial charge on any atom is -0.384 e. The van der Waals surface area contributed by atoms with Crippen molar-refractivity contribution in [2.45, 2.75) is 26.8 Å². The average molecular weight is 275 g/mol. The molecular formula is C16H21NO3. The number of nitrogens with one attached hydrogen (secondary N) is 1. The molecule has 4 heteroatoms. The van der Waals surface area contributed by atoms with Crippen LogP contribution in [0.2, 0.25) is 0 Å². The first-order valence-corrected chi connectivity index (χ1v) is 6.67. The van der Waals surface area contributed by atoms with Gasteiger partial charge in [-0.15, -0.1) is 0 Å². The van der Waals surface area contributed by atoms with Crippen LogP contribution in [0.5, 0.6) is 0 Å². The molecule has 1 atom stereocenters. The molecule has 20 heavy (non-hydrogen) atoms. The van der Waals surface area contributed by atoms with Crippen LogP contribution in [0.25, 0.3) is 0 Å². The lowest BCUT2D eigenvalue weighted by atomic mass is 10.0. The van der Waals surface area contributed by atoms with E-state index in [0.717, 1.165) is 5.56 Å². The summed E-state index contributed by atoms with van der Waals surface area (Å²) in [4.78, 5) is 12.3. The number of carbonyl (C=O) groups excluding carboxylic acids is 1. The minimum absolute atomic E-state index is 0.0680. The van der Waals surface area contributed by atoms with Crippen molar-refractivity contribution in [1.82, 2.24) is 5.32 Å². The first-order valence-electron chi connectivity index (χ1n) is 6.67. The van der Waals surface area contributed by atoms with E-state index in [0.29, 0.717) is 24.3 Å². The van der Waals surface area contributed by atoms with Crippen molar-refractivity contribution in [3.63, 3.8) is 0 Å². The maximum absolute atomic E-state index is 12.3. The summed E-state index contributed by atoms with van der Waals surface area (Å²) < 4.78 is 5.28. The lowest BCUT2D eigenvalue weighted by molar-refractivity contribution is 0.0871. The standard InChI is InChI=1S/C16H21NO3/c1-4-20-11-13(3)17-16(19)15-10-12(2)7-8-14(15)6-5-9-18/h7-8,10,13,18H,4,9,11H2,1-3H3,(H,17,19). The summed E-state index contributed by atoms with van der Waals surface area (Å²) in [5, 5.41) is 11.6. The zero-order valence-corrected chi connectivity index (χ0v) is 12.2. The molecule has 0 saturated heterocycles. The molecule has 0 aromatic heterocycles. The predicted molar refractivity (Wildman–Crippen MR) is 78.6 cm³/mol. The monoisotopic (exact) mass is 275 g/mol. The Morgan fingerprint density at radius 1 is 1.50 bits per heavy atom. The topological polar surface area (TPSA) is 58.6 Å². The molecule has 108 valence electrons. The fraction of sp³-hybridized carbons (Fsp3) is 0.438. The van der Waals surface area contributed by atoms with Crippen molar-refractivity contribution in [2.24, 2.45) is 0 Å². The molecule has 0 bridgehead atoms. The van der Waals surface area contributed by atoms with E-state index in [4.69, 9.17) is 9.84 Å². The zero-order valence-electron chi connectivity index (χ0n) is 12.2. The van der Waals surface area contributed by atoms with Gasteiger partial charge in [-0.1, -0.05) is 23.5 Å². The van der Waals surface area contributed by atoms with Gasteiger partial charge in [0.25, 0.3) is 5.91 Å². The smallest absolute Gasteiger partial charge is 0.252 e. The average Bonchev–Trinajstić information content (AvgIpc) is 2.43. The molecule has 0 spiro atoms. The van der Waals surface area contributed by atoms with E-state index in [1.807, 2.05) is 26.8 Å². The molecule has 1 unspecified atom stereocenters. The molecule has 0 heterocycles. The van der Waals surface area contributed by atoms with Gasteiger partial charge in [-0.3, -0.25) is 4.79 Å². The summed E-state index contributed by atoms with van der Waals surface area (Å²) in [6.07, 6.45) is 0. The second-order valence-electron chi connectivity index (χ2n) is 4.54. The van der Waals surface area contributed by atoms with Crippen LogP contribution >= 0.6 is 0 Å². The molecule has 0 aliphatic heterocycles. The van der Waals surface area contributed by atoms with Crippen LogP contribution in [0.15, 0.2) is 18.2 Å². The van der Waals surface area contributed by atoms with Crippen molar-refractivity contribution in [2.75, 3.05) is 19.8 Å². The number of hydrogen-bond donors (Lipinski definition) is 2. The highest BCUT2D eigenvalue weighted by Crippen LogP contribution is 2.11. The van der Waals surface area contributed by atoms with E-state index in [1.54, 1.807) is 12.1 Å². The molecule has 1 amide bonds. The zero-order chi connectivity index (χ0) is 15.0. The van der Waals surface area contributed by atoms with Crippen molar-refractivity contribution < 1.29 is 14.6 Å². The van der Waals surface area contributed by atoms with Crippen LogP contribution in [0.1, 0.15) is 35.3 Å². The first-order chi connectivity index (χ1) is 9.58. The fourth-order valence-electron chi connectivity index (χ4n) is 1.73. The van der Waals surface area contributed by atoms with Gasteiger partial charge in [-0.2, -0.15) is 0 Å². The Hall–Kier alpha value is -1.83. The van der Waals surface area contributed by atoms with E-state index in [-0.39, 0.29) is 18.6 Å². The molecule has 0 fully saturated rings. The van der Waals surface area contributed by atoms with Crippen LogP contribution in [-0.2, 0) is 4.74 Å². The minimum atomic E-state index is -0.227. The SMILES string of the molecule is CCOCC(C)NC(=O)c1cc(C)ccc1C#CCO. The van der Waals surface area contributed by atoms with Crippen LogP contribution < -0.4 is 5.32 Å². The molecule has 1 aromatic carbocycles. The lowest BCUT2D eigenvalue weighted by Crippen LogP contribution is -2.36. The Labute approximate surface area is 120 Å². The summed E-state index contributed by atoms with van der Waals surface area (Å²) in [6, 6.07) is 5.41. The highest BCUT2D eigenvalue weighted by Gasteiger charge is 2.13. The Bertz CT molecular complexity index is 514. The van der Waals surface area contributed by atoms with E-state index >= 15 is 0 Å². The van der Waals surface area contributed by atoms with Gasteiger partial charge < -0.3 is 15.2 Å². The number of hydrogen-bond acceptors (Lipinski definition) is 3. The number of benzene rings is 1. The van der Waals surface area contributed by atoms with Crippen molar-refractivity contribution in [3.05, 3.63) is 34.9 Å². The Morgan fingerprint density at radius 2 is 2.25 bits per heavy atom. The number of aryl methyl sites for hydroxylation is 1. The molecule has 0 aliphatic carbocycles. The summed E-state index contributed by atoms with van der Waals surface area (Å²) in [7, 11) is 0. The van der Waals surface area contributed by atoms with E-state index in [2.05, 4.69) is 17.2 Å². The second kappa shape index (κ2) is 8.36. The van der Waals surface area contributed by atoms with Gasteiger partial charge in [0.15, 0.2) is 0 Å². The fourth-order valence-corrected chi connectivity index (χ4v) is 1.73.